The van der Waals surface area contributed by atoms with E-state index >= 15 is 0 Å². The van der Waals surface area contributed by atoms with Crippen LogP contribution in [0.1, 0.15) is 0 Å². The Kier molecular flexibility index (Phi) is 5.32. The molecule has 0 heterocycles. The fraction of sp³-hybridized carbons (Fsp3) is 0.0952. The lowest BCUT2D eigenvalue weighted by molar-refractivity contribution is -0.114. The molecule has 0 atom stereocenters. The molecule has 0 aliphatic heterocycles. The molecule has 4 heteroatoms. The second-order valence-corrected chi connectivity index (χ2v) is 5.59. The molecule has 4 nitrogen and oxygen atoms in total. The van der Waals surface area contributed by atoms with Crippen molar-refractivity contribution < 1.29 is 9.53 Å². The molecule has 0 saturated heterocycles. The van der Waals surface area contributed by atoms with Gasteiger partial charge in [-0.05, 0) is 47.2 Å². The Labute approximate surface area is 147 Å². The average molecular weight is 332 g/mol. The summed E-state index contributed by atoms with van der Waals surface area (Å²) in [5.41, 5.74) is 1.65. The summed E-state index contributed by atoms with van der Waals surface area (Å²) in [5, 5.41) is 8.25. The van der Waals surface area contributed by atoms with Gasteiger partial charge in [0.1, 0.15) is 12.4 Å². The molecule has 0 aliphatic carbocycles. The number of hydrogen-bond donors (Lipinski definition) is 2. The van der Waals surface area contributed by atoms with Gasteiger partial charge in [-0.15, -0.1) is 0 Å². The van der Waals surface area contributed by atoms with Crippen molar-refractivity contribution in [2.75, 3.05) is 23.8 Å². The lowest BCUT2D eigenvalue weighted by atomic mass is 10.1. The zero-order chi connectivity index (χ0) is 17.5. The lowest BCUT2D eigenvalue weighted by Crippen LogP contribution is -2.21. The number of carbonyl (C=O) groups excluding carboxylic acids is 1. The van der Waals surface area contributed by atoms with E-state index in [-0.39, 0.29) is 12.5 Å². The van der Waals surface area contributed by atoms with Crippen molar-refractivity contribution in [3.63, 3.8) is 0 Å². The van der Waals surface area contributed by atoms with Gasteiger partial charge in [0.15, 0.2) is 0 Å². The van der Waals surface area contributed by atoms with Crippen LogP contribution in [0.2, 0.25) is 0 Å². The predicted molar refractivity (Wildman–Crippen MR) is 103 cm³/mol. The molecule has 2 N–H and O–H groups in total. The van der Waals surface area contributed by atoms with Crippen molar-refractivity contribution in [3.05, 3.63) is 79.4 Å². The molecule has 0 aliphatic rings. The fourth-order valence-electron chi connectivity index (χ4n) is 2.48. The van der Waals surface area contributed by atoms with E-state index in [9.17, 15) is 4.79 Å². The first-order valence-corrected chi connectivity index (χ1v) is 8.11. The van der Waals surface area contributed by atoms with E-state index in [1.165, 1.54) is 0 Å². The van der Waals surface area contributed by atoms with E-state index < -0.39 is 0 Å². The number of fused-ring (bicyclic) bond motifs is 1. The Bertz CT molecular complexity index is 872. The summed E-state index contributed by atoms with van der Waals surface area (Å²) >= 11 is 0. The van der Waals surface area contributed by atoms with Crippen LogP contribution in [0, 0.1) is 0 Å². The van der Waals surface area contributed by atoms with Crippen LogP contribution in [0.25, 0.3) is 10.8 Å². The number of anilines is 2. The van der Waals surface area contributed by atoms with Gasteiger partial charge in [0.2, 0.25) is 5.91 Å². The van der Waals surface area contributed by atoms with Gasteiger partial charge in [-0.1, -0.05) is 43.0 Å². The van der Waals surface area contributed by atoms with Crippen molar-refractivity contribution in [1.82, 2.24) is 0 Å². The van der Waals surface area contributed by atoms with E-state index in [4.69, 9.17) is 4.74 Å². The van der Waals surface area contributed by atoms with Crippen LogP contribution in [-0.4, -0.2) is 19.1 Å². The van der Waals surface area contributed by atoms with Crippen LogP contribution in [0.5, 0.6) is 5.75 Å². The molecular weight excluding hydrogens is 312 g/mol. The fourth-order valence-corrected chi connectivity index (χ4v) is 2.48. The van der Waals surface area contributed by atoms with Crippen LogP contribution in [0.3, 0.4) is 0 Å². The van der Waals surface area contributed by atoms with Crippen LogP contribution in [0.15, 0.2) is 79.4 Å². The highest BCUT2D eigenvalue weighted by molar-refractivity contribution is 5.96. The third-order valence-corrected chi connectivity index (χ3v) is 3.71. The van der Waals surface area contributed by atoms with Gasteiger partial charge >= 0.3 is 0 Å². The van der Waals surface area contributed by atoms with E-state index in [0.717, 1.165) is 27.9 Å². The van der Waals surface area contributed by atoms with Gasteiger partial charge in [0.25, 0.3) is 0 Å². The zero-order valence-electron chi connectivity index (χ0n) is 13.9. The first kappa shape index (κ1) is 16.6. The zero-order valence-corrected chi connectivity index (χ0v) is 13.9. The third kappa shape index (κ3) is 4.61. The molecule has 0 bridgehead atoms. The molecule has 3 rings (SSSR count). The highest BCUT2D eigenvalue weighted by atomic mass is 16.5. The topological polar surface area (TPSA) is 50.4 Å². The minimum Gasteiger partial charge on any atom is -0.490 e. The Morgan fingerprint density at radius 2 is 1.68 bits per heavy atom. The summed E-state index contributed by atoms with van der Waals surface area (Å²) in [4.78, 5) is 12.1. The smallest absolute Gasteiger partial charge is 0.243 e. The van der Waals surface area contributed by atoms with Crippen molar-refractivity contribution >= 4 is 28.1 Å². The van der Waals surface area contributed by atoms with Crippen molar-refractivity contribution in [2.45, 2.75) is 0 Å². The second kappa shape index (κ2) is 8.02. The molecular formula is C21H20N2O2. The number of hydrogen-bond acceptors (Lipinski definition) is 3. The second-order valence-electron chi connectivity index (χ2n) is 5.59. The molecule has 3 aromatic rings. The molecule has 0 unspecified atom stereocenters. The van der Waals surface area contributed by atoms with Gasteiger partial charge in [0, 0.05) is 11.4 Å². The first-order valence-electron chi connectivity index (χ1n) is 8.11. The SMILES string of the molecule is C=CCOc1ccc(NCC(=O)Nc2ccc3ccccc3c2)cc1. The summed E-state index contributed by atoms with van der Waals surface area (Å²) in [5.74, 6) is 0.674. The minimum atomic E-state index is -0.0951. The van der Waals surface area contributed by atoms with Gasteiger partial charge < -0.3 is 15.4 Å². The molecule has 0 saturated carbocycles. The quantitative estimate of drug-likeness (QED) is 0.628. The standard InChI is InChI=1S/C21H20N2O2/c1-2-13-25-20-11-9-18(10-12-20)22-15-21(24)23-19-8-7-16-5-3-4-6-17(16)14-19/h2-12,14,22H,1,13,15H2,(H,23,24). The molecule has 25 heavy (non-hydrogen) atoms. The highest BCUT2D eigenvalue weighted by Crippen LogP contribution is 2.19. The van der Waals surface area contributed by atoms with Crippen molar-refractivity contribution in [2.24, 2.45) is 0 Å². The van der Waals surface area contributed by atoms with Gasteiger partial charge in [-0.25, -0.2) is 0 Å². The largest absolute Gasteiger partial charge is 0.490 e. The summed E-state index contributed by atoms with van der Waals surface area (Å²) in [7, 11) is 0. The Morgan fingerprint density at radius 1 is 0.960 bits per heavy atom. The number of ether oxygens (including phenoxy) is 1. The highest BCUT2D eigenvalue weighted by Gasteiger charge is 2.03. The van der Waals surface area contributed by atoms with E-state index in [1.807, 2.05) is 66.7 Å². The maximum absolute atomic E-state index is 12.1. The van der Waals surface area contributed by atoms with E-state index in [0.29, 0.717) is 6.61 Å². The molecule has 0 fully saturated rings. The summed E-state index contributed by atoms with van der Waals surface area (Å²) in [6, 6.07) is 21.4. The molecule has 126 valence electrons. The third-order valence-electron chi connectivity index (χ3n) is 3.71. The summed E-state index contributed by atoms with van der Waals surface area (Å²) < 4.78 is 5.42. The summed E-state index contributed by atoms with van der Waals surface area (Å²) in [6.45, 7) is 4.28. The van der Waals surface area contributed by atoms with Crippen LogP contribution < -0.4 is 15.4 Å². The number of carbonyl (C=O) groups is 1. The first-order chi connectivity index (χ1) is 12.2. The normalized spacial score (nSPS) is 10.2. The number of benzene rings is 3. The number of nitrogens with one attached hydrogen (secondary N) is 2. The lowest BCUT2D eigenvalue weighted by Gasteiger charge is -2.09. The van der Waals surface area contributed by atoms with Gasteiger partial charge in [-0.3, -0.25) is 4.79 Å². The average Bonchev–Trinajstić information content (AvgIpc) is 2.65. The molecule has 1 amide bonds. The monoisotopic (exact) mass is 332 g/mol. The van der Waals surface area contributed by atoms with Gasteiger partial charge in [0.05, 0.1) is 6.54 Å². The van der Waals surface area contributed by atoms with E-state index in [1.54, 1.807) is 6.08 Å². The Morgan fingerprint density at radius 3 is 2.44 bits per heavy atom. The van der Waals surface area contributed by atoms with Gasteiger partial charge in [-0.2, -0.15) is 0 Å². The predicted octanol–water partition coefficient (Wildman–Crippen LogP) is 4.46. The van der Waals surface area contributed by atoms with Crippen LogP contribution in [-0.2, 0) is 4.79 Å². The van der Waals surface area contributed by atoms with Crippen LogP contribution in [0.4, 0.5) is 11.4 Å². The van der Waals surface area contributed by atoms with Crippen LogP contribution >= 0.6 is 0 Å². The molecule has 3 aromatic carbocycles. The molecule has 0 aromatic heterocycles. The minimum absolute atomic E-state index is 0.0951. The molecule has 0 radical (unpaired) electrons. The Hall–Kier alpha value is -3.27. The van der Waals surface area contributed by atoms with E-state index in [2.05, 4.69) is 17.2 Å². The van der Waals surface area contributed by atoms with Crippen molar-refractivity contribution in [1.29, 1.82) is 0 Å². The number of rotatable bonds is 7. The summed E-state index contributed by atoms with van der Waals surface area (Å²) in [6.07, 6.45) is 1.70. The molecule has 0 spiro atoms. The Balaban J connectivity index is 1.54. The maximum atomic E-state index is 12.1. The number of amides is 1. The van der Waals surface area contributed by atoms with Crippen molar-refractivity contribution in [3.8, 4) is 5.75 Å². The maximum Gasteiger partial charge on any atom is 0.243 e.